The molecule has 0 bridgehead atoms. The summed E-state index contributed by atoms with van der Waals surface area (Å²) in [7, 11) is -3.51. The maximum absolute atomic E-state index is 13.4. The predicted molar refractivity (Wildman–Crippen MR) is 142 cm³/mol. The van der Waals surface area contributed by atoms with Crippen LogP contribution in [0.4, 0.5) is 5.69 Å². The second-order valence-corrected chi connectivity index (χ2v) is 11.2. The first-order chi connectivity index (χ1) is 16.5. The number of carbonyl (C=O) groups is 2. The lowest BCUT2D eigenvalue weighted by Crippen LogP contribution is -2.49. The third-order valence-electron chi connectivity index (χ3n) is 5.80. The van der Waals surface area contributed by atoms with Crippen LogP contribution in [0, 0.1) is 12.8 Å². The number of para-hydroxylation sites is 1. The van der Waals surface area contributed by atoms with E-state index in [0.29, 0.717) is 37.5 Å². The number of benzene rings is 2. The van der Waals surface area contributed by atoms with E-state index in [-0.39, 0.29) is 24.8 Å². The van der Waals surface area contributed by atoms with E-state index in [9.17, 15) is 18.0 Å². The second kappa shape index (κ2) is 13.3. The number of sulfonamides is 1. The van der Waals surface area contributed by atoms with Crippen LogP contribution in [0.15, 0.2) is 54.6 Å². The fraction of sp³-hybridized carbons (Fsp3) is 0.481. The monoisotopic (exact) mass is 501 g/mol. The molecule has 0 aliphatic carbocycles. The largest absolute Gasteiger partial charge is 0.354 e. The highest BCUT2D eigenvalue weighted by Crippen LogP contribution is 2.23. The number of rotatable bonds is 13. The molecule has 0 spiro atoms. The summed E-state index contributed by atoms with van der Waals surface area (Å²) >= 11 is 0. The molecule has 7 nitrogen and oxygen atoms in total. The van der Waals surface area contributed by atoms with E-state index in [1.165, 1.54) is 10.6 Å². The molecule has 2 amide bonds. The van der Waals surface area contributed by atoms with Gasteiger partial charge in [0.05, 0.1) is 11.9 Å². The lowest BCUT2D eigenvalue weighted by molar-refractivity contribution is -0.141. The smallest absolute Gasteiger partial charge is 0.242 e. The highest BCUT2D eigenvalue weighted by atomic mass is 32.2. The third-order valence-corrected chi connectivity index (χ3v) is 6.98. The highest BCUT2D eigenvalue weighted by molar-refractivity contribution is 7.92. The van der Waals surface area contributed by atoms with Gasteiger partial charge in [0.1, 0.15) is 6.04 Å². The average Bonchev–Trinajstić information content (AvgIpc) is 2.80. The Morgan fingerprint density at radius 1 is 1.00 bits per heavy atom. The molecule has 2 rings (SSSR count). The van der Waals surface area contributed by atoms with E-state index in [1.807, 2.05) is 70.2 Å². The van der Waals surface area contributed by atoms with Crippen LogP contribution in [0.1, 0.15) is 51.2 Å². The molecular weight excluding hydrogens is 462 g/mol. The fourth-order valence-electron chi connectivity index (χ4n) is 3.95. The van der Waals surface area contributed by atoms with Crippen LogP contribution < -0.4 is 9.62 Å². The summed E-state index contributed by atoms with van der Waals surface area (Å²) in [5.74, 6) is -0.0278. The van der Waals surface area contributed by atoms with Gasteiger partial charge in [-0.25, -0.2) is 8.42 Å². The highest BCUT2D eigenvalue weighted by Gasteiger charge is 2.29. The second-order valence-electron chi connectivity index (χ2n) is 9.30. The molecule has 1 atom stereocenters. The van der Waals surface area contributed by atoms with Gasteiger partial charge in [-0.3, -0.25) is 13.9 Å². The van der Waals surface area contributed by atoms with E-state index < -0.39 is 16.1 Å². The molecular formula is C27H39N3O4S. The van der Waals surface area contributed by atoms with Gasteiger partial charge in [-0.05, 0) is 42.9 Å². The van der Waals surface area contributed by atoms with Crippen LogP contribution in [-0.4, -0.2) is 50.5 Å². The zero-order chi connectivity index (χ0) is 26.0. The van der Waals surface area contributed by atoms with Crippen LogP contribution in [0.2, 0.25) is 0 Å². The summed E-state index contributed by atoms with van der Waals surface area (Å²) in [6.45, 7) is 8.86. The Labute approximate surface area is 210 Å². The molecule has 0 unspecified atom stereocenters. The Morgan fingerprint density at radius 3 is 2.20 bits per heavy atom. The molecule has 0 saturated heterocycles. The number of hydrogen-bond acceptors (Lipinski definition) is 4. The van der Waals surface area contributed by atoms with Crippen LogP contribution >= 0.6 is 0 Å². The van der Waals surface area contributed by atoms with Gasteiger partial charge < -0.3 is 10.2 Å². The molecule has 1 N–H and O–H groups in total. The number of anilines is 1. The Balaban J connectivity index is 2.19. The average molecular weight is 502 g/mol. The minimum absolute atomic E-state index is 0.138. The Morgan fingerprint density at radius 2 is 1.63 bits per heavy atom. The summed E-state index contributed by atoms with van der Waals surface area (Å²) in [4.78, 5) is 28.0. The van der Waals surface area contributed by atoms with Crippen LogP contribution in [0.25, 0.3) is 0 Å². The van der Waals surface area contributed by atoms with Crippen molar-refractivity contribution in [3.05, 3.63) is 65.7 Å². The maximum atomic E-state index is 13.4. The molecule has 0 fully saturated rings. The minimum Gasteiger partial charge on any atom is -0.354 e. The molecule has 2 aromatic rings. The molecule has 0 aliphatic heterocycles. The molecule has 2 aromatic carbocycles. The summed E-state index contributed by atoms with van der Waals surface area (Å²) in [6.07, 6.45) is 2.14. The lowest BCUT2D eigenvalue weighted by Gasteiger charge is -2.31. The van der Waals surface area contributed by atoms with Crippen molar-refractivity contribution in [2.45, 2.75) is 59.5 Å². The Kier molecular flexibility index (Phi) is 10.8. The molecule has 0 aliphatic rings. The van der Waals surface area contributed by atoms with Gasteiger partial charge >= 0.3 is 0 Å². The Bertz CT molecular complexity index is 1070. The van der Waals surface area contributed by atoms with E-state index >= 15 is 0 Å². The van der Waals surface area contributed by atoms with Crippen LogP contribution in [0.3, 0.4) is 0 Å². The molecule has 0 aromatic heterocycles. The van der Waals surface area contributed by atoms with E-state index in [4.69, 9.17) is 0 Å². The summed E-state index contributed by atoms with van der Waals surface area (Å²) in [5.41, 5.74) is 2.40. The van der Waals surface area contributed by atoms with Crippen LogP contribution in [-0.2, 0) is 26.2 Å². The zero-order valence-electron chi connectivity index (χ0n) is 21.5. The van der Waals surface area contributed by atoms with Crippen molar-refractivity contribution in [2.75, 3.05) is 23.7 Å². The van der Waals surface area contributed by atoms with Gasteiger partial charge in [-0.2, -0.15) is 0 Å². The number of hydrogen-bond donors (Lipinski definition) is 1. The SMILES string of the molecule is CC[C@H](C(=O)NCC(C)C)N(Cc1ccccc1)C(=O)CCCN(c1ccccc1C)S(C)(=O)=O. The lowest BCUT2D eigenvalue weighted by atomic mass is 10.1. The van der Waals surface area contributed by atoms with E-state index in [2.05, 4.69) is 5.32 Å². The number of amides is 2. The number of nitrogens with zero attached hydrogens (tertiary/aromatic N) is 2. The van der Waals surface area contributed by atoms with Crippen LogP contribution in [0.5, 0.6) is 0 Å². The van der Waals surface area contributed by atoms with Crippen molar-refractivity contribution >= 4 is 27.5 Å². The molecule has 0 radical (unpaired) electrons. The summed E-state index contributed by atoms with van der Waals surface area (Å²) in [6, 6.07) is 16.3. The first-order valence-electron chi connectivity index (χ1n) is 12.2. The molecule has 35 heavy (non-hydrogen) atoms. The zero-order valence-corrected chi connectivity index (χ0v) is 22.3. The van der Waals surface area contributed by atoms with Crippen molar-refractivity contribution < 1.29 is 18.0 Å². The van der Waals surface area contributed by atoms with Gasteiger partial charge in [0.2, 0.25) is 21.8 Å². The summed E-state index contributed by atoms with van der Waals surface area (Å²) in [5, 5.41) is 2.96. The summed E-state index contributed by atoms with van der Waals surface area (Å²) < 4.78 is 26.3. The number of nitrogens with one attached hydrogen (secondary N) is 1. The quantitative estimate of drug-likeness (QED) is 0.447. The molecule has 192 valence electrons. The van der Waals surface area contributed by atoms with Crippen molar-refractivity contribution in [2.24, 2.45) is 5.92 Å². The fourth-order valence-corrected chi connectivity index (χ4v) is 4.97. The third kappa shape index (κ3) is 8.69. The standard InChI is InChI=1S/C27H39N3O4S/c1-6-24(27(32)28-19-21(2)3)29(20-23-14-8-7-9-15-23)26(31)17-12-18-30(35(5,33)34)25-16-11-10-13-22(25)4/h7-11,13-16,21,24H,6,12,17-20H2,1-5H3,(H,28,32)/t24-/m1/s1. The van der Waals surface area contributed by atoms with Gasteiger partial charge in [0.25, 0.3) is 0 Å². The van der Waals surface area contributed by atoms with Gasteiger partial charge in [-0.15, -0.1) is 0 Å². The van der Waals surface area contributed by atoms with Crippen molar-refractivity contribution in [3.63, 3.8) is 0 Å². The first-order valence-corrected chi connectivity index (χ1v) is 14.0. The molecule has 0 saturated carbocycles. The molecule has 8 heteroatoms. The van der Waals surface area contributed by atoms with Gasteiger partial charge in [0.15, 0.2) is 0 Å². The minimum atomic E-state index is -3.51. The predicted octanol–water partition coefficient (Wildman–Crippen LogP) is 4.12. The Hall–Kier alpha value is -2.87. The number of aryl methyl sites for hydroxylation is 1. The normalized spacial score (nSPS) is 12.3. The van der Waals surface area contributed by atoms with Crippen molar-refractivity contribution in [1.82, 2.24) is 10.2 Å². The van der Waals surface area contributed by atoms with Gasteiger partial charge in [-0.1, -0.05) is 69.3 Å². The van der Waals surface area contributed by atoms with E-state index in [0.717, 1.165) is 11.1 Å². The molecule has 0 heterocycles. The number of carbonyl (C=O) groups excluding carboxylic acids is 2. The van der Waals surface area contributed by atoms with Crippen molar-refractivity contribution in [3.8, 4) is 0 Å². The van der Waals surface area contributed by atoms with E-state index in [1.54, 1.807) is 17.0 Å². The van der Waals surface area contributed by atoms with Gasteiger partial charge in [0, 0.05) is 26.1 Å². The first kappa shape index (κ1) is 28.4. The topological polar surface area (TPSA) is 86.8 Å². The maximum Gasteiger partial charge on any atom is 0.242 e. The van der Waals surface area contributed by atoms with Crippen molar-refractivity contribution in [1.29, 1.82) is 0 Å².